The monoisotopic (exact) mass is 232 g/mol. The Hall–Kier alpha value is -1.35. The molecule has 0 spiro atoms. The van der Waals surface area contributed by atoms with E-state index in [0.717, 1.165) is 42.5 Å². The van der Waals surface area contributed by atoms with E-state index in [1.807, 2.05) is 0 Å². The molecule has 0 atom stereocenters. The zero-order chi connectivity index (χ0) is 12.3. The molecule has 0 amide bonds. The van der Waals surface area contributed by atoms with Gasteiger partial charge < -0.3 is 10.1 Å². The van der Waals surface area contributed by atoms with E-state index in [4.69, 9.17) is 5.11 Å². The predicted molar refractivity (Wildman–Crippen MR) is 70.2 cm³/mol. The fourth-order valence-electron chi connectivity index (χ4n) is 2.22. The van der Waals surface area contributed by atoms with Crippen LogP contribution in [-0.2, 0) is 6.42 Å². The highest BCUT2D eigenvalue weighted by atomic mass is 16.2. The van der Waals surface area contributed by atoms with Crippen LogP contribution in [0.3, 0.4) is 0 Å². The van der Waals surface area contributed by atoms with Gasteiger partial charge in [-0.3, -0.25) is 0 Å². The van der Waals surface area contributed by atoms with E-state index in [1.165, 1.54) is 11.1 Å². The third-order valence-electron chi connectivity index (χ3n) is 3.04. The molecule has 3 nitrogen and oxygen atoms in total. The van der Waals surface area contributed by atoms with Gasteiger partial charge in [0, 0.05) is 13.0 Å². The van der Waals surface area contributed by atoms with E-state index in [1.54, 1.807) is 0 Å². The molecular weight excluding hydrogens is 212 g/mol. The van der Waals surface area contributed by atoms with Crippen LogP contribution < -0.4 is 0 Å². The van der Waals surface area contributed by atoms with Crippen molar-refractivity contribution in [2.45, 2.75) is 39.5 Å². The number of nitrogens with zero attached hydrogens (tertiary/aromatic N) is 1. The number of hydrogen-bond donors (Lipinski definition) is 2. The average molecular weight is 232 g/mol. The summed E-state index contributed by atoms with van der Waals surface area (Å²) in [5.74, 6) is 1.06. The zero-order valence-electron chi connectivity index (χ0n) is 10.6. The first-order valence-electron chi connectivity index (χ1n) is 6.27. The highest BCUT2D eigenvalue weighted by Crippen LogP contribution is 2.19. The number of nitrogens with one attached hydrogen (secondary N) is 1. The fraction of sp³-hybridized carbons (Fsp3) is 0.500. The molecule has 1 aromatic heterocycles. The normalized spacial score (nSPS) is 11.2. The van der Waals surface area contributed by atoms with E-state index in [-0.39, 0.29) is 0 Å². The van der Waals surface area contributed by atoms with Crippen LogP contribution in [-0.4, -0.2) is 21.7 Å². The number of aliphatic hydroxyl groups excluding tert-OH is 1. The standard InChI is InChI=1S/C14H20N2O/c1-10-8-11(2)14-12(9-10)15-13(16-14)6-4-3-5-7-17/h8-9,17H,3-7H2,1-2H3,(H,15,16). The lowest BCUT2D eigenvalue weighted by Gasteiger charge is -1.96. The van der Waals surface area contributed by atoms with Gasteiger partial charge in [0.2, 0.25) is 0 Å². The Morgan fingerprint density at radius 1 is 1.18 bits per heavy atom. The summed E-state index contributed by atoms with van der Waals surface area (Å²) in [6, 6.07) is 4.31. The van der Waals surface area contributed by atoms with Crippen molar-refractivity contribution < 1.29 is 5.11 Å². The number of aliphatic hydroxyl groups is 1. The van der Waals surface area contributed by atoms with Gasteiger partial charge in [0.05, 0.1) is 11.0 Å². The van der Waals surface area contributed by atoms with Crippen molar-refractivity contribution in [1.29, 1.82) is 0 Å². The summed E-state index contributed by atoms with van der Waals surface area (Å²) in [6.07, 6.45) is 4.00. The van der Waals surface area contributed by atoms with Gasteiger partial charge in [0.25, 0.3) is 0 Å². The van der Waals surface area contributed by atoms with Gasteiger partial charge >= 0.3 is 0 Å². The van der Waals surface area contributed by atoms with E-state index < -0.39 is 0 Å². The number of fused-ring (bicyclic) bond motifs is 1. The number of aromatic amines is 1. The van der Waals surface area contributed by atoms with Crippen LogP contribution in [0, 0.1) is 13.8 Å². The molecule has 17 heavy (non-hydrogen) atoms. The number of unbranched alkanes of at least 4 members (excludes halogenated alkanes) is 2. The Bertz CT molecular complexity index is 502. The van der Waals surface area contributed by atoms with Gasteiger partial charge in [-0.15, -0.1) is 0 Å². The summed E-state index contributed by atoms with van der Waals surface area (Å²) in [6.45, 7) is 4.50. The van der Waals surface area contributed by atoms with Crippen molar-refractivity contribution in [1.82, 2.24) is 9.97 Å². The molecule has 0 fully saturated rings. The maximum Gasteiger partial charge on any atom is 0.107 e. The molecule has 0 radical (unpaired) electrons. The minimum absolute atomic E-state index is 0.290. The van der Waals surface area contributed by atoms with Crippen LogP contribution in [0.4, 0.5) is 0 Å². The van der Waals surface area contributed by atoms with Gasteiger partial charge in [-0.1, -0.05) is 12.5 Å². The van der Waals surface area contributed by atoms with Crippen LogP contribution in [0.25, 0.3) is 11.0 Å². The first kappa shape index (κ1) is 12.1. The Morgan fingerprint density at radius 3 is 2.76 bits per heavy atom. The second-order valence-corrected chi connectivity index (χ2v) is 4.70. The minimum atomic E-state index is 0.290. The smallest absolute Gasteiger partial charge is 0.107 e. The number of H-pyrrole nitrogens is 1. The van der Waals surface area contributed by atoms with E-state index >= 15 is 0 Å². The second kappa shape index (κ2) is 5.32. The predicted octanol–water partition coefficient (Wildman–Crippen LogP) is 2.88. The summed E-state index contributed by atoms with van der Waals surface area (Å²) in [7, 11) is 0. The molecule has 0 aliphatic carbocycles. The number of rotatable bonds is 5. The second-order valence-electron chi connectivity index (χ2n) is 4.70. The number of benzene rings is 1. The zero-order valence-corrected chi connectivity index (χ0v) is 10.6. The molecule has 0 unspecified atom stereocenters. The molecule has 2 N–H and O–H groups in total. The lowest BCUT2D eigenvalue weighted by molar-refractivity contribution is 0.283. The van der Waals surface area contributed by atoms with E-state index in [2.05, 4.69) is 35.9 Å². The van der Waals surface area contributed by atoms with Gasteiger partial charge in [0.1, 0.15) is 5.82 Å². The average Bonchev–Trinajstić information content (AvgIpc) is 2.67. The molecule has 0 aliphatic rings. The largest absolute Gasteiger partial charge is 0.396 e. The lowest BCUT2D eigenvalue weighted by Crippen LogP contribution is -1.90. The molecule has 1 aromatic carbocycles. The molecule has 0 bridgehead atoms. The van der Waals surface area contributed by atoms with E-state index in [0.29, 0.717) is 6.61 Å². The first-order chi connectivity index (χ1) is 8.20. The number of imidazole rings is 1. The van der Waals surface area contributed by atoms with Crippen molar-refractivity contribution in [3.8, 4) is 0 Å². The molecule has 2 aromatic rings. The van der Waals surface area contributed by atoms with Crippen LogP contribution in [0.5, 0.6) is 0 Å². The summed E-state index contributed by atoms with van der Waals surface area (Å²) < 4.78 is 0. The van der Waals surface area contributed by atoms with E-state index in [9.17, 15) is 0 Å². The lowest BCUT2D eigenvalue weighted by atomic mass is 10.1. The number of aryl methyl sites for hydroxylation is 3. The van der Waals surface area contributed by atoms with Crippen LogP contribution >= 0.6 is 0 Å². The summed E-state index contributed by atoms with van der Waals surface area (Å²) >= 11 is 0. The Morgan fingerprint density at radius 2 is 2.00 bits per heavy atom. The quantitative estimate of drug-likeness (QED) is 0.779. The van der Waals surface area contributed by atoms with Crippen molar-refractivity contribution in [3.05, 3.63) is 29.1 Å². The Kier molecular flexibility index (Phi) is 3.79. The maximum absolute atomic E-state index is 8.72. The minimum Gasteiger partial charge on any atom is -0.396 e. The molecular formula is C14H20N2O. The molecule has 1 heterocycles. The SMILES string of the molecule is Cc1cc(C)c2nc(CCCCCO)[nH]c2c1. The first-order valence-corrected chi connectivity index (χ1v) is 6.27. The van der Waals surface area contributed by atoms with Gasteiger partial charge in [-0.25, -0.2) is 4.98 Å². The van der Waals surface area contributed by atoms with Crippen LogP contribution in [0.15, 0.2) is 12.1 Å². The van der Waals surface area contributed by atoms with Crippen LogP contribution in [0.1, 0.15) is 36.2 Å². The highest BCUT2D eigenvalue weighted by molar-refractivity contribution is 5.79. The third kappa shape index (κ3) is 2.86. The highest BCUT2D eigenvalue weighted by Gasteiger charge is 2.05. The summed E-state index contributed by atoms with van der Waals surface area (Å²) in [5, 5.41) is 8.72. The molecule has 3 heteroatoms. The summed E-state index contributed by atoms with van der Waals surface area (Å²) in [4.78, 5) is 8.01. The Balaban J connectivity index is 2.12. The number of aromatic nitrogens is 2. The maximum atomic E-state index is 8.72. The molecule has 92 valence electrons. The summed E-state index contributed by atoms with van der Waals surface area (Å²) in [5.41, 5.74) is 4.73. The van der Waals surface area contributed by atoms with Crippen molar-refractivity contribution in [3.63, 3.8) is 0 Å². The fourth-order valence-corrected chi connectivity index (χ4v) is 2.22. The third-order valence-corrected chi connectivity index (χ3v) is 3.04. The van der Waals surface area contributed by atoms with Crippen molar-refractivity contribution in [2.75, 3.05) is 6.61 Å². The van der Waals surface area contributed by atoms with Gasteiger partial charge in [-0.05, 0) is 43.9 Å². The van der Waals surface area contributed by atoms with Crippen LogP contribution in [0.2, 0.25) is 0 Å². The van der Waals surface area contributed by atoms with Gasteiger partial charge in [-0.2, -0.15) is 0 Å². The molecule has 0 aliphatic heterocycles. The van der Waals surface area contributed by atoms with Crippen molar-refractivity contribution in [2.24, 2.45) is 0 Å². The Labute approximate surface area is 102 Å². The molecule has 0 saturated carbocycles. The van der Waals surface area contributed by atoms with Crippen molar-refractivity contribution >= 4 is 11.0 Å². The molecule has 0 saturated heterocycles. The topological polar surface area (TPSA) is 48.9 Å². The number of hydrogen-bond acceptors (Lipinski definition) is 2. The van der Waals surface area contributed by atoms with Gasteiger partial charge in [0.15, 0.2) is 0 Å². The molecule has 2 rings (SSSR count).